The topological polar surface area (TPSA) is 114 Å². The molecule has 464 valence electrons. The Morgan fingerprint density at radius 3 is 1.18 bits per heavy atom. The molecule has 0 rings (SSSR count). The summed E-state index contributed by atoms with van der Waals surface area (Å²) in [5, 5.41) is 3.00. The first kappa shape index (κ1) is 77.6. The van der Waals surface area contributed by atoms with Crippen molar-refractivity contribution in [3.8, 4) is 0 Å². The smallest absolute Gasteiger partial charge is 0.306 e. The van der Waals surface area contributed by atoms with Crippen molar-refractivity contribution in [1.82, 2.24) is 5.32 Å². The maximum Gasteiger partial charge on any atom is 0.306 e. The fraction of sp³-hybridized carbons (Fsp3) is 0.611. The van der Waals surface area contributed by atoms with Crippen molar-refractivity contribution in [2.75, 3.05) is 40.9 Å². The number of quaternary nitrogens is 1. The van der Waals surface area contributed by atoms with Gasteiger partial charge >= 0.3 is 5.97 Å². The van der Waals surface area contributed by atoms with E-state index in [0.717, 1.165) is 135 Å². The number of carbonyl (C=O) groups excluding carboxylic acids is 2. The van der Waals surface area contributed by atoms with Crippen LogP contribution >= 0.6 is 7.82 Å². The summed E-state index contributed by atoms with van der Waals surface area (Å²) in [4.78, 5) is 40.1. The van der Waals surface area contributed by atoms with Crippen LogP contribution in [0.25, 0.3) is 0 Å². The van der Waals surface area contributed by atoms with Crippen molar-refractivity contribution in [2.24, 2.45) is 0 Å². The summed E-state index contributed by atoms with van der Waals surface area (Å²) in [6, 6.07) is -0.934. The number of likely N-dealkylation sites (N-methyl/N-ethyl adjacent to an activating group) is 1. The lowest BCUT2D eigenvalue weighted by Gasteiger charge is -2.30. The largest absolute Gasteiger partial charge is 0.756 e. The van der Waals surface area contributed by atoms with Crippen LogP contribution in [0.15, 0.2) is 158 Å². The second-order valence-electron chi connectivity index (χ2n) is 22.1. The van der Waals surface area contributed by atoms with Crippen LogP contribution in [0.3, 0.4) is 0 Å². The van der Waals surface area contributed by atoms with Crippen LogP contribution in [0.1, 0.15) is 233 Å². The fourth-order valence-corrected chi connectivity index (χ4v) is 9.01. The third-order valence-electron chi connectivity index (χ3n) is 13.2. The monoisotopic (exact) mass is 1150 g/mol. The molecule has 3 unspecified atom stereocenters. The molecule has 0 heterocycles. The van der Waals surface area contributed by atoms with Crippen LogP contribution < -0.4 is 10.2 Å². The first-order valence-corrected chi connectivity index (χ1v) is 33.8. The van der Waals surface area contributed by atoms with E-state index in [0.29, 0.717) is 23.9 Å². The summed E-state index contributed by atoms with van der Waals surface area (Å²) in [6.07, 6.45) is 87.9. The zero-order valence-corrected chi connectivity index (χ0v) is 53.8. The first-order valence-electron chi connectivity index (χ1n) is 32.3. The number of phosphoric ester groups is 1. The number of carbonyl (C=O) groups is 2. The van der Waals surface area contributed by atoms with Gasteiger partial charge in [0.05, 0.1) is 33.8 Å². The normalized spacial score (nSPS) is 14.7. The Hall–Kier alpha value is -4.37. The van der Waals surface area contributed by atoms with Crippen molar-refractivity contribution in [1.29, 1.82) is 0 Å². The van der Waals surface area contributed by atoms with Crippen molar-refractivity contribution in [3.05, 3.63) is 158 Å². The van der Waals surface area contributed by atoms with E-state index in [1.807, 2.05) is 27.2 Å². The number of hydrogen-bond donors (Lipinski definition) is 1. The van der Waals surface area contributed by atoms with E-state index < -0.39 is 32.5 Å². The minimum Gasteiger partial charge on any atom is -0.756 e. The fourth-order valence-electron chi connectivity index (χ4n) is 8.29. The number of nitrogens with one attached hydrogen (secondary N) is 1. The summed E-state index contributed by atoms with van der Waals surface area (Å²) < 4.78 is 30.3. The second-order valence-corrected chi connectivity index (χ2v) is 23.6. The maximum absolute atomic E-state index is 13.6. The third kappa shape index (κ3) is 60.2. The molecule has 0 aromatic rings. The van der Waals surface area contributed by atoms with Gasteiger partial charge < -0.3 is 28.5 Å². The summed E-state index contributed by atoms with van der Waals surface area (Å²) >= 11 is 0. The van der Waals surface area contributed by atoms with Gasteiger partial charge in [-0.25, -0.2) is 0 Å². The van der Waals surface area contributed by atoms with Gasteiger partial charge in [0, 0.05) is 12.8 Å². The highest BCUT2D eigenvalue weighted by molar-refractivity contribution is 7.45. The van der Waals surface area contributed by atoms with Gasteiger partial charge in [-0.3, -0.25) is 14.2 Å². The predicted octanol–water partition coefficient (Wildman–Crippen LogP) is 19.8. The van der Waals surface area contributed by atoms with Gasteiger partial charge in [-0.15, -0.1) is 0 Å². The van der Waals surface area contributed by atoms with Gasteiger partial charge in [-0.1, -0.05) is 243 Å². The third-order valence-corrected chi connectivity index (χ3v) is 14.2. The molecule has 82 heavy (non-hydrogen) atoms. The number of esters is 1. The molecule has 0 fully saturated rings. The van der Waals surface area contributed by atoms with Gasteiger partial charge in [-0.2, -0.15) is 0 Å². The maximum atomic E-state index is 13.6. The van der Waals surface area contributed by atoms with E-state index in [1.54, 1.807) is 6.08 Å². The zero-order valence-electron chi connectivity index (χ0n) is 52.9. The average molecular weight is 1160 g/mol. The van der Waals surface area contributed by atoms with E-state index in [2.05, 4.69) is 172 Å². The van der Waals surface area contributed by atoms with Crippen LogP contribution in [0.4, 0.5) is 0 Å². The molecule has 1 amide bonds. The van der Waals surface area contributed by atoms with Crippen molar-refractivity contribution >= 4 is 19.7 Å². The number of phosphoric acid groups is 1. The summed E-state index contributed by atoms with van der Waals surface area (Å²) in [6.45, 7) is 6.54. The minimum atomic E-state index is -4.73. The van der Waals surface area contributed by atoms with E-state index in [1.165, 1.54) is 51.4 Å². The molecule has 9 nitrogen and oxygen atoms in total. The molecular formula is C72H119N2O7P. The van der Waals surface area contributed by atoms with E-state index >= 15 is 0 Å². The Labute approximate surface area is 503 Å². The molecule has 0 saturated heterocycles. The molecule has 0 bridgehead atoms. The molecule has 0 saturated carbocycles. The highest BCUT2D eigenvalue weighted by Gasteiger charge is 2.27. The van der Waals surface area contributed by atoms with Gasteiger partial charge in [0.25, 0.3) is 7.82 Å². The first-order chi connectivity index (χ1) is 39.9. The molecule has 0 radical (unpaired) electrons. The SMILES string of the molecule is CC/C=C\C/C=C\C/C=C\C/C=C\C/C=C\C/C=C\CCCCCCC(=O)NC(COP(=O)([O-])OCC[N+](C)(C)C)C(/C=C/CCCCCCCCCCCC)OC(=O)CCCC/C=C\C/C=C\C/C=C\C/C=C\C/C=C\C/C=C\CC. The Morgan fingerprint density at radius 2 is 0.780 bits per heavy atom. The van der Waals surface area contributed by atoms with Gasteiger partial charge in [-0.05, 0) is 134 Å². The molecule has 1 N–H and O–H groups in total. The number of ether oxygens (including phenoxy) is 1. The zero-order chi connectivity index (χ0) is 60.0. The number of nitrogens with zero attached hydrogens (tertiary/aromatic N) is 1. The van der Waals surface area contributed by atoms with Crippen molar-refractivity contribution < 1.29 is 37.3 Å². The van der Waals surface area contributed by atoms with E-state index in [4.69, 9.17) is 13.8 Å². The second kappa shape index (κ2) is 59.8. The number of amides is 1. The van der Waals surface area contributed by atoms with Crippen LogP contribution in [0, 0.1) is 0 Å². The van der Waals surface area contributed by atoms with Gasteiger partial charge in [0.2, 0.25) is 5.91 Å². The van der Waals surface area contributed by atoms with Crippen LogP contribution in [0.5, 0.6) is 0 Å². The van der Waals surface area contributed by atoms with Crippen LogP contribution in [-0.4, -0.2) is 69.4 Å². The standard InChI is InChI=1S/C72H119N2O7P/c1-7-10-13-16-19-22-25-28-30-32-34-36-37-39-40-42-44-46-49-52-55-58-61-64-71(75)73-69(68-80-82(77,78)79-67-66-74(4,5)6)70(63-60-57-54-51-48-27-24-21-18-15-12-9-3)81-72(76)65-62-59-56-53-50-47-45-43-41-38-35-33-31-29-26-23-20-17-14-11-8-2/h10-11,13-14,19-20,22-23,28-31,34-36,38-40,43-46,50,53,60,63,69-70H,7-9,12,15-18,21,24-27,32-33,37,41-42,47-49,51-52,54-59,61-62,64-68H2,1-6H3,(H-,73,75,77,78)/b13-10-,14-11-,22-19-,23-20-,30-28-,31-29-,36-34-,38-35-,40-39-,45-43-,46-44-,53-50-,63-60+. The van der Waals surface area contributed by atoms with Crippen LogP contribution in [-0.2, 0) is 27.9 Å². The Kier molecular flexibility index (Phi) is 56.6. The quantitative estimate of drug-likeness (QED) is 0.0212. The predicted molar refractivity (Wildman–Crippen MR) is 352 cm³/mol. The average Bonchev–Trinajstić information content (AvgIpc) is 3.47. The molecule has 3 atom stereocenters. The number of allylic oxidation sites excluding steroid dienone is 25. The summed E-state index contributed by atoms with van der Waals surface area (Å²) in [7, 11) is 1.11. The van der Waals surface area contributed by atoms with Crippen molar-refractivity contribution in [3.63, 3.8) is 0 Å². The molecule has 0 spiro atoms. The van der Waals surface area contributed by atoms with E-state index in [-0.39, 0.29) is 25.4 Å². The lowest BCUT2D eigenvalue weighted by atomic mass is 10.1. The molecule has 0 aromatic heterocycles. The molecule has 0 aliphatic heterocycles. The number of hydrogen-bond acceptors (Lipinski definition) is 7. The summed E-state index contributed by atoms with van der Waals surface area (Å²) in [5.41, 5.74) is 0. The Bertz CT molecular complexity index is 1960. The Balaban J connectivity index is 5.36. The number of rotatable bonds is 56. The molecular weight excluding hydrogens is 1040 g/mol. The lowest BCUT2D eigenvalue weighted by molar-refractivity contribution is -0.870. The molecule has 0 aromatic carbocycles. The van der Waals surface area contributed by atoms with Gasteiger partial charge in [0.1, 0.15) is 19.3 Å². The van der Waals surface area contributed by atoms with E-state index in [9.17, 15) is 19.0 Å². The molecule has 0 aliphatic carbocycles. The van der Waals surface area contributed by atoms with Crippen molar-refractivity contribution in [2.45, 2.75) is 245 Å². The summed E-state index contributed by atoms with van der Waals surface area (Å²) in [5.74, 6) is -0.634. The highest BCUT2D eigenvalue weighted by Crippen LogP contribution is 2.38. The highest BCUT2D eigenvalue weighted by atomic mass is 31.2. The Morgan fingerprint density at radius 1 is 0.439 bits per heavy atom. The minimum absolute atomic E-state index is 0.0445. The van der Waals surface area contributed by atoms with Crippen LogP contribution in [0.2, 0.25) is 0 Å². The van der Waals surface area contributed by atoms with Gasteiger partial charge in [0.15, 0.2) is 0 Å². The lowest BCUT2D eigenvalue weighted by Crippen LogP contribution is -2.47. The molecule has 0 aliphatic rings. The molecule has 10 heteroatoms. The number of unbranched alkanes of at least 4 members (excludes halogenated alkanes) is 16.